The molecule has 2 rings (SSSR count). The van der Waals surface area contributed by atoms with Gasteiger partial charge in [0.1, 0.15) is 42.7 Å². The zero-order valence-corrected chi connectivity index (χ0v) is 18.8. The molecule has 2 aliphatic rings. The van der Waals surface area contributed by atoms with E-state index < -0.39 is 67.3 Å². The molecular formula is C18H36N2O11. The van der Waals surface area contributed by atoms with Gasteiger partial charge in [-0.05, 0) is 0 Å². The summed E-state index contributed by atoms with van der Waals surface area (Å²) in [6.07, 6.45) is -7.72. The fourth-order valence-corrected chi connectivity index (χ4v) is 4.10. The smallest absolute Gasteiger partial charge is 0.259 e. The maximum atomic E-state index is 10.5. The molecule has 6 N–H and O–H groups in total. The van der Waals surface area contributed by atoms with E-state index in [0.717, 1.165) is 0 Å². The summed E-state index contributed by atoms with van der Waals surface area (Å²) in [6.45, 7) is -0.395. The number of aliphatic hydroxyl groups excluding tert-OH is 2. The number of rotatable bonds is 11. The summed E-state index contributed by atoms with van der Waals surface area (Å²) in [6, 6.07) is 0. The zero-order valence-electron chi connectivity index (χ0n) is 18.8. The largest absolute Gasteiger partial charge is 0.394 e. The number of nitrogens with two attached hydrogens (primary N) is 2. The standard InChI is InChI=1S/C18H36N2O11/c1-23-8-10-12(24-2)15(27-5)17(30-10,18(19,20)28-6)31-16-14(26-4)13(25-3)11(22)9(7-21)29-16/h9-16,21-22H,7-8,19-20H2,1-6H3/t9-,10-,11-,12-,13+,14-,15+,16-,17-/m1/s1. The van der Waals surface area contributed by atoms with Crippen LogP contribution >= 0.6 is 0 Å². The van der Waals surface area contributed by atoms with Crippen LogP contribution in [0.2, 0.25) is 0 Å². The van der Waals surface area contributed by atoms with Gasteiger partial charge >= 0.3 is 0 Å². The molecule has 0 aromatic rings. The molecular weight excluding hydrogens is 420 g/mol. The van der Waals surface area contributed by atoms with Gasteiger partial charge in [-0.2, -0.15) is 0 Å². The summed E-state index contributed by atoms with van der Waals surface area (Å²) >= 11 is 0. The first-order valence-electron chi connectivity index (χ1n) is 9.74. The highest BCUT2D eigenvalue weighted by Crippen LogP contribution is 2.43. The predicted molar refractivity (Wildman–Crippen MR) is 104 cm³/mol. The van der Waals surface area contributed by atoms with Gasteiger partial charge in [0.05, 0.1) is 13.2 Å². The molecule has 2 heterocycles. The van der Waals surface area contributed by atoms with Crippen LogP contribution in [0, 0.1) is 0 Å². The Morgan fingerprint density at radius 1 is 0.903 bits per heavy atom. The molecule has 184 valence electrons. The van der Waals surface area contributed by atoms with Crippen molar-refractivity contribution < 1.29 is 52.8 Å². The molecule has 0 radical (unpaired) electrons. The average Bonchev–Trinajstić information content (AvgIpc) is 3.07. The van der Waals surface area contributed by atoms with E-state index in [-0.39, 0.29) is 6.61 Å². The van der Waals surface area contributed by atoms with Crippen molar-refractivity contribution in [3.8, 4) is 0 Å². The number of hydrogen-bond acceptors (Lipinski definition) is 13. The minimum absolute atomic E-state index is 0.112. The Kier molecular flexibility index (Phi) is 9.54. The summed E-state index contributed by atoms with van der Waals surface area (Å²) < 4.78 is 50.7. The molecule has 0 bridgehead atoms. The van der Waals surface area contributed by atoms with E-state index in [4.69, 9.17) is 54.1 Å². The molecule has 0 unspecified atom stereocenters. The number of aliphatic hydroxyl groups is 2. The van der Waals surface area contributed by atoms with Crippen molar-refractivity contribution in [2.45, 2.75) is 60.7 Å². The van der Waals surface area contributed by atoms with Crippen LogP contribution in [-0.4, -0.2) is 127 Å². The molecule has 9 atom stereocenters. The SMILES string of the molecule is COC[C@H]1O[C@](O[C@H]2O[C@H](CO)[C@@H](O)[C@H](OC)[C@H]2OC)(C(N)(N)OC)[C@@H](OC)[C@@H]1OC. The van der Waals surface area contributed by atoms with Gasteiger partial charge in [-0.15, -0.1) is 0 Å². The zero-order chi connectivity index (χ0) is 23.4. The number of ether oxygens (including phenoxy) is 9. The summed E-state index contributed by atoms with van der Waals surface area (Å²) in [4.78, 5) is 0. The molecule has 0 aliphatic carbocycles. The summed E-state index contributed by atoms with van der Waals surface area (Å²) in [5, 5.41) is 20.1. The van der Waals surface area contributed by atoms with Crippen molar-refractivity contribution in [2.24, 2.45) is 11.5 Å². The Morgan fingerprint density at radius 3 is 1.97 bits per heavy atom. The van der Waals surface area contributed by atoms with Crippen molar-refractivity contribution in [1.29, 1.82) is 0 Å². The summed E-state index contributed by atoms with van der Waals surface area (Å²) in [5.41, 5.74) is 12.5. The first kappa shape index (κ1) is 26.7. The van der Waals surface area contributed by atoms with E-state index in [2.05, 4.69) is 0 Å². The topological polar surface area (TPSA) is 176 Å². The minimum atomic E-state index is -2.05. The maximum Gasteiger partial charge on any atom is 0.259 e. The molecule has 2 aliphatic heterocycles. The van der Waals surface area contributed by atoms with E-state index in [1.165, 1.54) is 42.7 Å². The second kappa shape index (κ2) is 11.1. The highest BCUT2D eigenvalue weighted by atomic mass is 16.8. The number of hydrogen-bond donors (Lipinski definition) is 4. The molecule has 0 amide bonds. The molecule has 2 fully saturated rings. The molecule has 0 aromatic carbocycles. The highest BCUT2D eigenvalue weighted by Gasteiger charge is 2.68. The summed E-state index contributed by atoms with van der Waals surface area (Å²) in [7, 11) is 8.42. The lowest BCUT2D eigenvalue weighted by molar-refractivity contribution is -0.418. The third-order valence-corrected chi connectivity index (χ3v) is 5.74. The van der Waals surface area contributed by atoms with Crippen molar-refractivity contribution in [3.05, 3.63) is 0 Å². The fourth-order valence-electron chi connectivity index (χ4n) is 4.10. The van der Waals surface area contributed by atoms with Crippen LogP contribution in [0.1, 0.15) is 0 Å². The van der Waals surface area contributed by atoms with E-state index >= 15 is 0 Å². The molecule has 0 saturated carbocycles. The third kappa shape index (κ3) is 4.75. The second-order valence-corrected chi connectivity index (χ2v) is 7.37. The van der Waals surface area contributed by atoms with Crippen LogP contribution < -0.4 is 11.5 Å². The first-order chi connectivity index (χ1) is 14.7. The minimum Gasteiger partial charge on any atom is -0.394 e. The Labute approximate surface area is 181 Å². The normalized spacial score (nSPS) is 41.6. The number of methoxy groups -OCH3 is 6. The van der Waals surface area contributed by atoms with Crippen LogP contribution in [0.4, 0.5) is 0 Å². The predicted octanol–water partition coefficient (Wildman–Crippen LogP) is -2.90. The lowest BCUT2D eigenvalue weighted by Gasteiger charge is -2.49. The van der Waals surface area contributed by atoms with Gasteiger partial charge in [0.25, 0.3) is 5.79 Å². The fraction of sp³-hybridized carbons (Fsp3) is 1.00. The highest BCUT2D eigenvalue weighted by molar-refractivity contribution is 5.07. The van der Waals surface area contributed by atoms with Crippen molar-refractivity contribution in [2.75, 3.05) is 55.9 Å². The Morgan fingerprint density at radius 2 is 1.52 bits per heavy atom. The van der Waals surface area contributed by atoms with Gasteiger partial charge in [-0.1, -0.05) is 0 Å². The monoisotopic (exact) mass is 456 g/mol. The quantitative estimate of drug-likeness (QED) is 0.233. The third-order valence-electron chi connectivity index (χ3n) is 5.74. The van der Waals surface area contributed by atoms with Crippen LogP contribution in [0.3, 0.4) is 0 Å². The van der Waals surface area contributed by atoms with Gasteiger partial charge in [-0.3, -0.25) is 11.5 Å². The molecule has 13 nitrogen and oxygen atoms in total. The van der Waals surface area contributed by atoms with Gasteiger partial charge in [0.2, 0.25) is 5.85 Å². The van der Waals surface area contributed by atoms with Crippen LogP contribution in [0.25, 0.3) is 0 Å². The summed E-state index contributed by atoms with van der Waals surface area (Å²) in [5.74, 6) is -4.02. The molecule has 31 heavy (non-hydrogen) atoms. The van der Waals surface area contributed by atoms with Gasteiger partial charge in [-0.25, -0.2) is 0 Å². The van der Waals surface area contributed by atoms with Gasteiger partial charge in [0.15, 0.2) is 6.29 Å². The van der Waals surface area contributed by atoms with E-state index in [9.17, 15) is 10.2 Å². The average molecular weight is 456 g/mol. The van der Waals surface area contributed by atoms with Crippen LogP contribution in [0.15, 0.2) is 0 Å². The van der Waals surface area contributed by atoms with Crippen molar-refractivity contribution in [1.82, 2.24) is 0 Å². The van der Waals surface area contributed by atoms with Gasteiger partial charge in [0, 0.05) is 42.7 Å². The van der Waals surface area contributed by atoms with Crippen molar-refractivity contribution in [3.63, 3.8) is 0 Å². The Hall–Kier alpha value is -0.520. The Bertz CT molecular complexity index is 557. The lowest BCUT2D eigenvalue weighted by atomic mass is 9.97. The maximum absolute atomic E-state index is 10.5. The first-order valence-corrected chi connectivity index (χ1v) is 9.74. The molecule has 0 aromatic heterocycles. The van der Waals surface area contributed by atoms with Gasteiger partial charge < -0.3 is 52.8 Å². The van der Waals surface area contributed by atoms with E-state index in [1.807, 2.05) is 0 Å². The van der Waals surface area contributed by atoms with Crippen LogP contribution in [0.5, 0.6) is 0 Å². The second-order valence-electron chi connectivity index (χ2n) is 7.37. The lowest BCUT2D eigenvalue weighted by Crippen LogP contribution is -2.76. The molecule has 2 saturated heterocycles. The van der Waals surface area contributed by atoms with Crippen LogP contribution in [-0.2, 0) is 42.6 Å². The van der Waals surface area contributed by atoms with E-state index in [1.54, 1.807) is 0 Å². The molecule has 0 spiro atoms. The van der Waals surface area contributed by atoms with E-state index in [0.29, 0.717) is 0 Å². The molecule has 13 heteroatoms. The Balaban J connectivity index is 2.51. The van der Waals surface area contributed by atoms with Crippen molar-refractivity contribution >= 4 is 0 Å².